The van der Waals surface area contributed by atoms with E-state index in [0.29, 0.717) is 0 Å². The number of hydrogen-bond acceptors (Lipinski definition) is 4. The molecule has 0 heterocycles. The van der Waals surface area contributed by atoms with Crippen LogP contribution in [0, 0.1) is 11.6 Å². The summed E-state index contributed by atoms with van der Waals surface area (Å²) in [4.78, 5) is 0.0494. The van der Waals surface area contributed by atoms with Gasteiger partial charge in [-0.15, -0.1) is 0 Å². The van der Waals surface area contributed by atoms with Crippen LogP contribution in [0.3, 0.4) is 0 Å². The van der Waals surface area contributed by atoms with Gasteiger partial charge in [-0.05, 0) is 65.6 Å². The molecule has 1 aliphatic rings. The van der Waals surface area contributed by atoms with Crippen molar-refractivity contribution in [1.29, 1.82) is 0 Å². The second-order valence-corrected chi connectivity index (χ2v) is 13.7. The summed E-state index contributed by atoms with van der Waals surface area (Å²) in [6.07, 6.45) is 3.73. The molecule has 4 rings (SSSR count). The highest BCUT2D eigenvalue weighted by Crippen LogP contribution is 2.38. The lowest BCUT2D eigenvalue weighted by atomic mass is 9.74. The lowest BCUT2D eigenvalue weighted by Gasteiger charge is -2.41. The Morgan fingerprint density at radius 2 is 1.55 bits per heavy atom. The summed E-state index contributed by atoms with van der Waals surface area (Å²) < 4.78 is 57.0. The number of nitrogens with one attached hydrogen (secondary N) is 2. The quantitative estimate of drug-likeness (QED) is 0.281. The van der Waals surface area contributed by atoms with Crippen LogP contribution in [0.5, 0.6) is 0 Å². The second-order valence-electron chi connectivity index (χ2n) is 11.9. The molecule has 0 radical (unpaired) electrons. The number of aliphatic hydroxyl groups excluding tert-OH is 1. The van der Waals surface area contributed by atoms with Crippen molar-refractivity contribution in [2.75, 3.05) is 6.54 Å². The topological polar surface area (TPSA) is 78.4 Å². The van der Waals surface area contributed by atoms with E-state index in [4.69, 9.17) is 0 Å². The molecule has 0 saturated heterocycles. The number of halogens is 2. The number of hydrogen-bond donors (Lipinski definition) is 3. The summed E-state index contributed by atoms with van der Waals surface area (Å²) in [6, 6.07) is 18.5. The third kappa shape index (κ3) is 7.55. The lowest BCUT2D eigenvalue weighted by Crippen LogP contribution is -2.53. The molecular formula is C32H40F2N2O3S. The first-order valence-corrected chi connectivity index (χ1v) is 15.4. The molecule has 216 valence electrons. The van der Waals surface area contributed by atoms with Gasteiger partial charge in [-0.2, -0.15) is 0 Å². The van der Waals surface area contributed by atoms with Crippen LogP contribution in [0.4, 0.5) is 8.78 Å². The maximum Gasteiger partial charge on any atom is 0.240 e. The average molecular weight is 571 g/mol. The fraction of sp³-hybridized carbons (Fsp3) is 0.438. The van der Waals surface area contributed by atoms with Crippen molar-refractivity contribution in [3.8, 4) is 0 Å². The van der Waals surface area contributed by atoms with E-state index < -0.39 is 33.8 Å². The van der Waals surface area contributed by atoms with E-state index in [2.05, 4.69) is 55.1 Å². The smallest absolute Gasteiger partial charge is 0.240 e. The SMILES string of the molecule is CC(C)(C)c1cccc(C2(NCC(O)C(Cc3cc(F)cc(F)c3)NS(=O)(=O)c3ccccc3)CCCCC2)c1. The van der Waals surface area contributed by atoms with Gasteiger partial charge >= 0.3 is 0 Å². The Labute approximate surface area is 237 Å². The fourth-order valence-corrected chi connectivity index (χ4v) is 6.84. The van der Waals surface area contributed by atoms with Crippen molar-refractivity contribution in [2.24, 2.45) is 0 Å². The zero-order valence-electron chi connectivity index (χ0n) is 23.5. The summed E-state index contributed by atoms with van der Waals surface area (Å²) in [6.45, 7) is 6.63. The summed E-state index contributed by atoms with van der Waals surface area (Å²) in [5, 5.41) is 15.0. The van der Waals surface area contributed by atoms with Gasteiger partial charge in [0.25, 0.3) is 0 Å². The minimum Gasteiger partial charge on any atom is -0.390 e. The fourth-order valence-electron chi connectivity index (χ4n) is 5.55. The van der Waals surface area contributed by atoms with Crippen molar-refractivity contribution in [3.05, 3.63) is 101 Å². The van der Waals surface area contributed by atoms with Crippen LogP contribution in [-0.4, -0.2) is 32.2 Å². The van der Waals surface area contributed by atoms with Crippen molar-refractivity contribution in [2.45, 2.75) is 87.3 Å². The Morgan fingerprint density at radius 3 is 2.17 bits per heavy atom. The van der Waals surface area contributed by atoms with Crippen LogP contribution in [0.25, 0.3) is 0 Å². The first-order valence-electron chi connectivity index (χ1n) is 13.9. The molecule has 0 bridgehead atoms. The summed E-state index contributed by atoms with van der Waals surface area (Å²) in [7, 11) is -4.00. The Hall–Kier alpha value is -2.65. The lowest BCUT2D eigenvalue weighted by molar-refractivity contribution is 0.111. The van der Waals surface area contributed by atoms with Gasteiger partial charge in [0, 0.05) is 18.2 Å². The molecular weight excluding hydrogens is 530 g/mol. The molecule has 3 aromatic carbocycles. The molecule has 0 aliphatic heterocycles. The van der Waals surface area contributed by atoms with Crippen LogP contribution in [0.15, 0.2) is 77.7 Å². The van der Waals surface area contributed by atoms with Crippen molar-refractivity contribution in [3.63, 3.8) is 0 Å². The Balaban J connectivity index is 1.61. The zero-order valence-corrected chi connectivity index (χ0v) is 24.3. The van der Waals surface area contributed by atoms with E-state index in [1.807, 2.05) is 0 Å². The van der Waals surface area contributed by atoms with Crippen molar-refractivity contribution >= 4 is 10.0 Å². The molecule has 1 fully saturated rings. The van der Waals surface area contributed by atoms with Crippen LogP contribution >= 0.6 is 0 Å². The predicted octanol–water partition coefficient (Wildman–Crippen LogP) is 5.96. The van der Waals surface area contributed by atoms with Crippen molar-refractivity contribution < 1.29 is 22.3 Å². The molecule has 40 heavy (non-hydrogen) atoms. The van der Waals surface area contributed by atoms with Gasteiger partial charge in [-0.25, -0.2) is 21.9 Å². The van der Waals surface area contributed by atoms with E-state index in [1.54, 1.807) is 18.2 Å². The maximum atomic E-state index is 14.0. The molecule has 1 aliphatic carbocycles. The third-order valence-electron chi connectivity index (χ3n) is 7.84. The highest BCUT2D eigenvalue weighted by molar-refractivity contribution is 7.89. The Bertz CT molecular complexity index is 1360. The number of benzene rings is 3. The standard InChI is InChI=1S/C32H40F2N2O3S/c1-31(2,3)24-11-10-12-25(20-24)32(15-8-5-9-16-32)35-22-30(37)29(19-23-17-26(33)21-27(34)18-23)36-40(38,39)28-13-6-4-7-14-28/h4,6-7,10-14,17-18,20-21,29-30,35-37H,5,8-9,15-16,19,22H2,1-3H3. The number of rotatable bonds is 10. The van der Waals surface area contributed by atoms with E-state index >= 15 is 0 Å². The largest absolute Gasteiger partial charge is 0.390 e. The van der Waals surface area contributed by atoms with Gasteiger partial charge < -0.3 is 10.4 Å². The second kappa shape index (κ2) is 12.5. The normalized spacial score (nSPS) is 17.4. The first-order chi connectivity index (χ1) is 18.9. The molecule has 2 unspecified atom stereocenters. The van der Waals surface area contributed by atoms with Gasteiger partial charge in [0.1, 0.15) is 11.6 Å². The van der Waals surface area contributed by atoms with E-state index in [9.17, 15) is 22.3 Å². The maximum absolute atomic E-state index is 14.0. The molecule has 1 saturated carbocycles. The zero-order chi connectivity index (χ0) is 29.0. The Kier molecular flexibility index (Phi) is 9.45. The third-order valence-corrected chi connectivity index (χ3v) is 9.35. The highest BCUT2D eigenvalue weighted by atomic mass is 32.2. The molecule has 3 N–H and O–H groups in total. The minimum absolute atomic E-state index is 0.0214. The highest BCUT2D eigenvalue weighted by Gasteiger charge is 2.36. The number of sulfonamides is 1. The predicted molar refractivity (Wildman–Crippen MR) is 155 cm³/mol. The molecule has 0 amide bonds. The summed E-state index contributed by atoms with van der Waals surface area (Å²) in [5.41, 5.74) is 2.24. The van der Waals surface area contributed by atoms with Crippen LogP contribution in [0.2, 0.25) is 0 Å². The van der Waals surface area contributed by atoms with Gasteiger partial charge in [-0.1, -0.05) is 82.5 Å². The molecule has 2 atom stereocenters. The molecule has 5 nitrogen and oxygen atoms in total. The van der Waals surface area contributed by atoms with Gasteiger partial charge in [0.05, 0.1) is 17.0 Å². The van der Waals surface area contributed by atoms with Gasteiger partial charge in [0.15, 0.2) is 0 Å². The molecule has 8 heteroatoms. The molecule has 3 aromatic rings. The van der Waals surface area contributed by atoms with E-state index in [0.717, 1.165) is 55.9 Å². The minimum atomic E-state index is -4.00. The molecule has 0 aromatic heterocycles. The monoisotopic (exact) mass is 570 g/mol. The average Bonchev–Trinajstić information content (AvgIpc) is 2.91. The molecule has 0 spiro atoms. The van der Waals surface area contributed by atoms with Crippen molar-refractivity contribution in [1.82, 2.24) is 10.0 Å². The summed E-state index contributed by atoms with van der Waals surface area (Å²) in [5.74, 6) is -1.51. The first kappa shape index (κ1) is 30.3. The van der Waals surface area contributed by atoms with Crippen LogP contribution in [0.1, 0.15) is 69.6 Å². The summed E-state index contributed by atoms with van der Waals surface area (Å²) >= 11 is 0. The van der Waals surface area contributed by atoms with Gasteiger partial charge in [-0.3, -0.25) is 0 Å². The van der Waals surface area contributed by atoms with E-state index in [1.165, 1.54) is 17.7 Å². The Morgan fingerprint density at radius 1 is 0.900 bits per heavy atom. The van der Waals surface area contributed by atoms with Crippen LogP contribution < -0.4 is 10.0 Å². The number of aliphatic hydroxyl groups is 1. The van der Waals surface area contributed by atoms with E-state index in [-0.39, 0.29) is 34.4 Å². The van der Waals surface area contributed by atoms with Crippen LogP contribution in [-0.2, 0) is 27.4 Å². The van der Waals surface area contributed by atoms with Gasteiger partial charge in [0.2, 0.25) is 10.0 Å².